The Kier molecular flexibility index (Phi) is 4.86. The van der Waals surface area contributed by atoms with Crippen molar-refractivity contribution in [2.24, 2.45) is 0 Å². The Morgan fingerprint density at radius 3 is 2.47 bits per heavy atom. The molecule has 0 aliphatic carbocycles. The van der Waals surface area contributed by atoms with Gasteiger partial charge in [-0.2, -0.15) is 0 Å². The highest BCUT2D eigenvalue weighted by molar-refractivity contribution is 9.10. The lowest BCUT2D eigenvalue weighted by atomic mass is 10.0. The van der Waals surface area contributed by atoms with Crippen molar-refractivity contribution in [2.45, 2.75) is 19.4 Å². The number of nitrogens with one attached hydrogen (secondary N) is 1. The van der Waals surface area contributed by atoms with E-state index < -0.39 is 0 Å². The summed E-state index contributed by atoms with van der Waals surface area (Å²) in [5.41, 5.74) is 2.28. The molecule has 2 rings (SSSR count). The Morgan fingerprint density at radius 2 is 1.79 bits per heavy atom. The molecule has 0 aliphatic rings. The summed E-state index contributed by atoms with van der Waals surface area (Å²) in [6, 6.07) is 16.5. The summed E-state index contributed by atoms with van der Waals surface area (Å²) in [5.74, 6) is 0.925. The fourth-order valence-electron chi connectivity index (χ4n) is 2.12. The lowest BCUT2D eigenvalue weighted by Crippen LogP contribution is -2.11. The van der Waals surface area contributed by atoms with Crippen LogP contribution in [0.5, 0.6) is 5.75 Å². The zero-order chi connectivity index (χ0) is 13.7. The maximum absolute atomic E-state index is 5.44. The first kappa shape index (κ1) is 13.9. The molecule has 19 heavy (non-hydrogen) atoms. The van der Waals surface area contributed by atoms with Gasteiger partial charge in [-0.05, 0) is 40.5 Å². The Morgan fingerprint density at radius 1 is 1.11 bits per heavy atom. The van der Waals surface area contributed by atoms with Crippen LogP contribution in [0.2, 0.25) is 0 Å². The van der Waals surface area contributed by atoms with Crippen LogP contribution in [0.15, 0.2) is 53.0 Å². The highest BCUT2D eigenvalue weighted by atomic mass is 79.9. The van der Waals surface area contributed by atoms with E-state index in [4.69, 9.17) is 4.74 Å². The van der Waals surface area contributed by atoms with Gasteiger partial charge >= 0.3 is 0 Å². The second-order valence-corrected chi connectivity index (χ2v) is 5.18. The van der Waals surface area contributed by atoms with Crippen molar-refractivity contribution in [1.29, 1.82) is 0 Å². The standard InChI is InChI=1S/C16H18BrNO/c1-3-14(12-8-4-7-11-16(12)19-2)18-15-10-6-5-9-13(15)17/h4-11,14,18H,3H2,1-2H3. The van der Waals surface area contributed by atoms with Crippen LogP contribution in [0.4, 0.5) is 5.69 Å². The highest BCUT2D eigenvalue weighted by Gasteiger charge is 2.14. The van der Waals surface area contributed by atoms with E-state index in [0.29, 0.717) is 0 Å². The van der Waals surface area contributed by atoms with Crippen LogP contribution in [0.1, 0.15) is 24.9 Å². The van der Waals surface area contributed by atoms with Crippen molar-refractivity contribution in [1.82, 2.24) is 0 Å². The minimum Gasteiger partial charge on any atom is -0.496 e. The van der Waals surface area contributed by atoms with Crippen LogP contribution in [-0.4, -0.2) is 7.11 Å². The molecule has 0 aromatic heterocycles. The molecule has 1 N–H and O–H groups in total. The highest BCUT2D eigenvalue weighted by Crippen LogP contribution is 2.32. The molecular formula is C16H18BrNO. The third-order valence-corrected chi connectivity index (χ3v) is 3.82. The zero-order valence-corrected chi connectivity index (χ0v) is 12.8. The molecule has 1 atom stereocenters. The number of para-hydroxylation sites is 2. The summed E-state index contributed by atoms with van der Waals surface area (Å²) in [5, 5.41) is 3.56. The monoisotopic (exact) mass is 319 g/mol. The number of ether oxygens (including phenoxy) is 1. The van der Waals surface area contributed by atoms with E-state index in [1.807, 2.05) is 36.4 Å². The van der Waals surface area contributed by atoms with Crippen molar-refractivity contribution in [2.75, 3.05) is 12.4 Å². The number of methoxy groups -OCH3 is 1. The van der Waals surface area contributed by atoms with Crippen molar-refractivity contribution in [3.05, 3.63) is 58.6 Å². The number of rotatable bonds is 5. The fraction of sp³-hybridized carbons (Fsp3) is 0.250. The molecule has 0 radical (unpaired) electrons. The molecular weight excluding hydrogens is 302 g/mol. The summed E-state index contributed by atoms with van der Waals surface area (Å²) in [6.07, 6.45) is 0.988. The maximum atomic E-state index is 5.44. The number of anilines is 1. The first-order valence-electron chi connectivity index (χ1n) is 6.40. The third kappa shape index (κ3) is 3.29. The number of halogens is 1. The Bertz CT molecular complexity index is 542. The number of hydrogen-bond donors (Lipinski definition) is 1. The molecule has 0 bridgehead atoms. The van der Waals surface area contributed by atoms with E-state index in [1.54, 1.807) is 7.11 Å². The van der Waals surface area contributed by atoms with Crippen LogP contribution in [0, 0.1) is 0 Å². The first-order chi connectivity index (χ1) is 9.26. The molecule has 3 heteroatoms. The minimum absolute atomic E-state index is 0.231. The van der Waals surface area contributed by atoms with Crippen LogP contribution < -0.4 is 10.1 Å². The molecule has 0 saturated heterocycles. The van der Waals surface area contributed by atoms with E-state index in [1.165, 1.54) is 5.56 Å². The van der Waals surface area contributed by atoms with Crippen molar-refractivity contribution in [3.63, 3.8) is 0 Å². The normalized spacial score (nSPS) is 11.9. The molecule has 100 valence electrons. The van der Waals surface area contributed by atoms with Gasteiger partial charge in [0.1, 0.15) is 5.75 Å². The first-order valence-corrected chi connectivity index (χ1v) is 7.19. The van der Waals surface area contributed by atoms with Crippen LogP contribution in [-0.2, 0) is 0 Å². The number of benzene rings is 2. The van der Waals surface area contributed by atoms with Gasteiger partial charge in [-0.25, -0.2) is 0 Å². The van der Waals surface area contributed by atoms with Crippen molar-refractivity contribution >= 4 is 21.6 Å². The molecule has 0 amide bonds. The van der Waals surface area contributed by atoms with E-state index >= 15 is 0 Å². The fourth-order valence-corrected chi connectivity index (χ4v) is 2.52. The topological polar surface area (TPSA) is 21.3 Å². The van der Waals surface area contributed by atoms with Crippen molar-refractivity contribution in [3.8, 4) is 5.75 Å². The van der Waals surface area contributed by atoms with Gasteiger partial charge in [0.15, 0.2) is 0 Å². The Labute approximate surface area is 122 Å². The third-order valence-electron chi connectivity index (χ3n) is 3.13. The zero-order valence-electron chi connectivity index (χ0n) is 11.2. The van der Waals surface area contributed by atoms with Crippen LogP contribution >= 0.6 is 15.9 Å². The maximum Gasteiger partial charge on any atom is 0.124 e. The van der Waals surface area contributed by atoms with Gasteiger partial charge in [0.25, 0.3) is 0 Å². The second-order valence-electron chi connectivity index (χ2n) is 4.33. The molecule has 2 nitrogen and oxygen atoms in total. The molecule has 0 fully saturated rings. The van der Waals surface area contributed by atoms with E-state index in [2.05, 4.69) is 40.3 Å². The van der Waals surface area contributed by atoms with Gasteiger partial charge in [0.05, 0.1) is 13.2 Å². The van der Waals surface area contributed by atoms with Gasteiger partial charge in [-0.1, -0.05) is 37.3 Å². The van der Waals surface area contributed by atoms with Gasteiger partial charge in [0, 0.05) is 15.7 Å². The van der Waals surface area contributed by atoms with E-state index in [0.717, 1.165) is 22.3 Å². The summed E-state index contributed by atoms with van der Waals surface area (Å²) in [7, 11) is 1.71. The second kappa shape index (κ2) is 6.62. The summed E-state index contributed by atoms with van der Waals surface area (Å²) >= 11 is 3.57. The smallest absolute Gasteiger partial charge is 0.124 e. The molecule has 0 heterocycles. The largest absolute Gasteiger partial charge is 0.496 e. The average Bonchev–Trinajstić information content (AvgIpc) is 2.46. The van der Waals surface area contributed by atoms with Crippen LogP contribution in [0.3, 0.4) is 0 Å². The molecule has 0 saturated carbocycles. The minimum atomic E-state index is 0.231. The Balaban J connectivity index is 2.28. The van der Waals surface area contributed by atoms with Gasteiger partial charge in [0.2, 0.25) is 0 Å². The van der Waals surface area contributed by atoms with Gasteiger partial charge in [-0.3, -0.25) is 0 Å². The lowest BCUT2D eigenvalue weighted by Gasteiger charge is -2.21. The number of hydrogen-bond acceptors (Lipinski definition) is 2. The molecule has 0 spiro atoms. The lowest BCUT2D eigenvalue weighted by molar-refractivity contribution is 0.406. The SMILES string of the molecule is CCC(Nc1ccccc1Br)c1ccccc1OC. The Hall–Kier alpha value is -1.48. The van der Waals surface area contributed by atoms with E-state index in [9.17, 15) is 0 Å². The predicted molar refractivity (Wildman–Crippen MR) is 83.8 cm³/mol. The molecule has 2 aromatic carbocycles. The summed E-state index contributed by atoms with van der Waals surface area (Å²) < 4.78 is 6.52. The molecule has 2 aromatic rings. The summed E-state index contributed by atoms with van der Waals surface area (Å²) in [4.78, 5) is 0. The van der Waals surface area contributed by atoms with Crippen LogP contribution in [0.25, 0.3) is 0 Å². The van der Waals surface area contributed by atoms with Gasteiger partial charge < -0.3 is 10.1 Å². The predicted octanol–water partition coefficient (Wildman–Crippen LogP) is 5.02. The van der Waals surface area contributed by atoms with Gasteiger partial charge in [-0.15, -0.1) is 0 Å². The summed E-state index contributed by atoms with van der Waals surface area (Å²) in [6.45, 7) is 2.17. The average molecular weight is 320 g/mol. The quantitative estimate of drug-likeness (QED) is 0.835. The molecule has 0 aliphatic heterocycles. The molecule has 1 unspecified atom stereocenters. The van der Waals surface area contributed by atoms with E-state index in [-0.39, 0.29) is 6.04 Å². The van der Waals surface area contributed by atoms with Crippen molar-refractivity contribution < 1.29 is 4.74 Å².